The van der Waals surface area contributed by atoms with E-state index in [-0.39, 0.29) is 0 Å². The Bertz CT molecular complexity index is 565. The van der Waals surface area contributed by atoms with Crippen LogP contribution in [0, 0.1) is 13.8 Å². The van der Waals surface area contributed by atoms with Crippen molar-refractivity contribution < 1.29 is 5.11 Å². The highest BCUT2D eigenvalue weighted by Gasteiger charge is 2.18. The Morgan fingerprint density at radius 2 is 2.11 bits per heavy atom. The molecule has 0 fully saturated rings. The fourth-order valence-corrected chi connectivity index (χ4v) is 2.28. The standard InChI is InChI=1S/C13H16ClN3O/c1-8-10(5-4-6-15-8)12(18)7-11-13(14)9(2)16-17(11)3/h4-6,12,18H,7H2,1-3H3. The SMILES string of the molecule is Cc1ncccc1C(O)Cc1c(Cl)c(C)nn1C. The van der Waals surface area contributed by atoms with Gasteiger partial charge in [0, 0.05) is 30.9 Å². The first-order valence-corrected chi connectivity index (χ1v) is 6.16. The van der Waals surface area contributed by atoms with E-state index in [1.54, 1.807) is 10.9 Å². The van der Waals surface area contributed by atoms with Crippen LogP contribution in [0.2, 0.25) is 5.02 Å². The highest BCUT2D eigenvalue weighted by molar-refractivity contribution is 6.31. The molecular weight excluding hydrogens is 250 g/mol. The number of hydrogen-bond donors (Lipinski definition) is 1. The van der Waals surface area contributed by atoms with E-state index in [2.05, 4.69) is 10.1 Å². The molecule has 0 aromatic carbocycles. The molecule has 0 spiro atoms. The van der Waals surface area contributed by atoms with Crippen molar-refractivity contribution in [2.45, 2.75) is 26.4 Å². The van der Waals surface area contributed by atoms with Crippen molar-refractivity contribution in [3.63, 3.8) is 0 Å². The summed E-state index contributed by atoms with van der Waals surface area (Å²) in [5.74, 6) is 0. The molecule has 0 aliphatic rings. The molecule has 0 aliphatic heterocycles. The van der Waals surface area contributed by atoms with E-state index in [0.29, 0.717) is 11.4 Å². The maximum Gasteiger partial charge on any atom is 0.0863 e. The minimum absolute atomic E-state index is 0.433. The summed E-state index contributed by atoms with van der Waals surface area (Å²) < 4.78 is 1.71. The molecular formula is C13H16ClN3O. The summed E-state index contributed by atoms with van der Waals surface area (Å²) in [5, 5.41) is 15.1. The maximum absolute atomic E-state index is 10.3. The highest BCUT2D eigenvalue weighted by atomic mass is 35.5. The van der Waals surface area contributed by atoms with Gasteiger partial charge < -0.3 is 5.11 Å². The molecule has 0 saturated carbocycles. The van der Waals surface area contributed by atoms with E-state index in [9.17, 15) is 5.11 Å². The number of pyridine rings is 1. The zero-order valence-corrected chi connectivity index (χ0v) is 11.4. The Morgan fingerprint density at radius 3 is 2.67 bits per heavy atom. The van der Waals surface area contributed by atoms with Gasteiger partial charge in [-0.15, -0.1) is 0 Å². The molecule has 1 atom stereocenters. The number of nitrogens with zero attached hydrogens (tertiary/aromatic N) is 3. The van der Waals surface area contributed by atoms with Crippen LogP contribution < -0.4 is 0 Å². The van der Waals surface area contributed by atoms with Crippen molar-refractivity contribution in [1.29, 1.82) is 0 Å². The summed E-state index contributed by atoms with van der Waals surface area (Å²) in [6, 6.07) is 3.70. The summed E-state index contributed by atoms with van der Waals surface area (Å²) in [4.78, 5) is 4.18. The molecule has 0 saturated heterocycles. The molecule has 0 amide bonds. The van der Waals surface area contributed by atoms with E-state index in [1.807, 2.05) is 33.0 Å². The quantitative estimate of drug-likeness (QED) is 0.927. The molecule has 2 aromatic heterocycles. The molecule has 4 nitrogen and oxygen atoms in total. The van der Waals surface area contributed by atoms with Crippen LogP contribution in [0.5, 0.6) is 0 Å². The molecule has 5 heteroatoms. The van der Waals surface area contributed by atoms with Gasteiger partial charge in [-0.25, -0.2) is 0 Å². The smallest absolute Gasteiger partial charge is 0.0863 e. The second-order valence-electron chi connectivity index (χ2n) is 4.37. The summed E-state index contributed by atoms with van der Waals surface area (Å²) in [7, 11) is 1.83. The number of hydrogen-bond acceptors (Lipinski definition) is 3. The summed E-state index contributed by atoms with van der Waals surface area (Å²) in [5.41, 5.74) is 3.28. The number of rotatable bonds is 3. The van der Waals surface area contributed by atoms with Gasteiger partial charge in [0.1, 0.15) is 0 Å². The fourth-order valence-electron chi connectivity index (χ4n) is 2.04. The first kappa shape index (κ1) is 13.1. The molecule has 1 unspecified atom stereocenters. The molecule has 96 valence electrons. The Labute approximate surface area is 111 Å². The van der Waals surface area contributed by atoms with Crippen LogP contribution in [0.25, 0.3) is 0 Å². The minimum atomic E-state index is -0.619. The zero-order valence-electron chi connectivity index (χ0n) is 10.7. The molecule has 1 N–H and O–H groups in total. The van der Waals surface area contributed by atoms with Gasteiger partial charge in [-0.3, -0.25) is 9.67 Å². The monoisotopic (exact) mass is 265 g/mol. The second kappa shape index (κ2) is 5.08. The second-order valence-corrected chi connectivity index (χ2v) is 4.75. The van der Waals surface area contributed by atoms with Gasteiger partial charge >= 0.3 is 0 Å². The van der Waals surface area contributed by atoms with Crippen molar-refractivity contribution in [3.8, 4) is 0 Å². The number of aliphatic hydroxyl groups excluding tert-OH is 1. The summed E-state index contributed by atoms with van der Waals surface area (Å²) in [6.07, 6.45) is 1.53. The van der Waals surface area contributed by atoms with Gasteiger partial charge in [0.15, 0.2) is 0 Å². The predicted octanol–water partition coefficient (Wildman–Crippen LogP) is 2.36. The molecule has 0 aliphatic carbocycles. The van der Waals surface area contributed by atoms with Crippen molar-refractivity contribution in [2.75, 3.05) is 0 Å². The van der Waals surface area contributed by atoms with Gasteiger partial charge in [0.05, 0.1) is 22.5 Å². The van der Waals surface area contributed by atoms with Crippen LogP contribution in [0.3, 0.4) is 0 Å². The number of aliphatic hydroxyl groups is 1. The average molecular weight is 266 g/mol. The van der Waals surface area contributed by atoms with E-state index >= 15 is 0 Å². The van der Waals surface area contributed by atoms with Crippen molar-refractivity contribution in [3.05, 3.63) is 46.0 Å². The van der Waals surface area contributed by atoms with Gasteiger partial charge in [0.2, 0.25) is 0 Å². The van der Waals surface area contributed by atoms with Crippen molar-refractivity contribution in [2.24, 2.45) is 7.05 Å². The van der Waals surface area contributed by atoms with Crippen LogP contribution >= 0.6 is 11.6 Å². The Balaban J connectivity index is 2.27. The van der Waals surface area contributed by atoms with Crippen LogP contribution in [-0.2, 0) is 13.5 Å². The largest absolute Gasteiger partial charge is 0.388 e. The molecule has 0 radical (unpaired) electrons. The van der Waals surface area contributed by atoms with Crippen LogP contribution in [-0.4, -0.2) is 19.9 Å². The Hall–Kier alpha value is -1.39. The molecule has 0 bridgehead atoms. The molecule has 18 heavy (non-hydrogen) atoms. The number of halogens is 1. The van der Waals surface area contributed by atoms with E-state index in [0.717, 1.165) is 22.6 Å². The van der Waals surface area contributed by atoms with Gasteiger partial charge in [-0.1, -0.05) is 17.7 Å². The van der Waals surface area contributed by atoms with Gasteiger partial charge in [-0.05, 0) is 19.9 Å². The van der Waals surface area contributed by atoms with E-state index in [1.165, 1.54) is 0 Å². The first-order chi connectivity index (χ1) is 8.50. The summed E-state index contributed by atoms with van der Waals surface area (Å²) >= 11 is 6.18. The minimum Gasteiger partial charge on any atom is -0.388 e. The predicted molar refractivity (Wildman–Crippen MR) is 70.6 cm³/mol. The number of aromatic nitrogens is 3. The maximum atomic E-state index is 10.3. The topological polar surface area (TPSA) is 50.9 Å². The summed E-state index contributed by atoms with van der Waals surface area (Å²) in [6.45, 7) is 3.74. The van der Waals surface area contributed by atoms with E-state index in [4.69, 9.17) is 11.6 Å². The van der Waals surface area contributed by atoms with Crippen molar-refractivity contribution in [1.82, 2.24) is 14.8 Å². The Morgan fingerprint density at radius 1 is 1.39 bits per heavy atom. The van der Waals surface area contributed by atoms with Gasteiger partial charge in [0.25, 0.3) is 0 Å². The lowest BCUT2D eigenvalue weighted by atomic mass is 10.0. The average Bonchev–Trinajstić information content (AvgIpc) is 2.56. The zero-order chi connectivity index (χ0) is 13.3. The lowest BCUT2D eigenvalue weighted by Gasteiger charge is -2.13. The van der Waals surface area contributed by atoms with Crippen LogP contribution in [0.1, 0.15) is 28.7 Å². The van der Waals surface area contributed by atoms with Crippen molar-refractivity contribution >= 4 is 11.6 Å². The van der Waals surface area contributed by atoms with Gasteiger partial charge in [-0.2, -0.15) is 5.10 Å². The molecule has 2 heterocycles. The third-order valence-electron chi connectivity index (χ3n) is 3.06. The lowest BCUT2D eigenvalue weighted by molar-refractivity contribution is 0.174. The first-order valence-electron chi connectivity index (χ1n) is 5.78. The third-order valence-corrected chi connectivity index (χ3v) is 3.55. The number of aryl methyl sites for hydroxylation is 3. The normalized spacial score (nSPS) is 12.7. The van der Waals surface area contributed by atoms with Crippen LogP contribution in [0.15, 0.2) is 18.3 Å². The van der Waals surface area contributed by atoms with Crippen LogP contribution in [0.4, 0.5) is 0 Å². The highest BCUT2D eigenvalue weighted by Crippen LogP contribution is 2.26. The molecule has 2 aromatic rings. The van der Waals surface area contributed by atoms with E-state index < -0.39 is 6.10 Å². The Kier molecular flexibility index (Phi) is 3.68. The third kappa shape index (κ3) is 2.40. The fraction of sp³-hybridized carbons (Fsp3) is 0.385. The lowest BCUT2D eigenvalue weighted by Crippen LogP contribution is -2.08. The molecule has 2 rings (SSSR count).